The van der Waals surface area contributed by atoms with E-state index in [1.807, 2.05) is 6.92 Å². The van der Waals surface area contributed by atoms with Crippen LogP contribution in [-0.2, 0) is 4.79 Å². The molecule has 0 aromatic carbocycles. The predicted octanol–water partition coefficient (Wildman–Crippen LogP) is 2.41. The minimum Gasteiger partial charge on any atom is -0.480 e. The molecule has 5 nitrogen and oxygen atoms in total. The molecule has 1 rings (SSSR count). The Morgan fingerprint density at radius 3 is 2.37 bits per heavy atom. The molecule has 1 saturated heterocycles. The van der Waals surface area contributed by atoms with Crippen molar-refractivity contribution in [1.29, 1.82) is 0 Å². The molecule has 1 heterocycles. The number of aliphatic carboxylic acids is 1. The fourth-order valence-corrected chi connectivity index (χ4v) is 2.42. The Labute approximate surface area is 115 Å². The minimum atomic E-state index is -0.888. The van der Waals surface area contributed by atoms with Crippen LogP contribution >= 0.6 is 0 Å². The van der Waals surface area contributed by atoms with E-state index < -0.39 is 12.0 Å². The van der Waals surface area contributed by atoms with Gasteiger partial charge in [0.05, 0.1) is 0 Å². The van der Waals surface area contributed by atoms with Crippen molar-refractivity contribution in [2.24, 2.45) is 5.92 Å². The fourth-order valence-electron chi connectivity index (χ4n) is 2.42. The monoisotopic (exact) mass is 270 g/mol. The van der Waals surface area contributed by atoms with Gasteiger partial charge in [0.2, 0.25) is 0 Å². The molecule has 0 aromatic heterocycles. The molecule has 5 heteroatoms. The Hall–Kier alpha value is -1.26. The summed E-state index contributed by atoms with van der Waals surface area (Å²) in [5.74, 6) is -0.537. The highest BCUT2D eigenvalue weighted by Gasteiger charge is 2.33. The molecule has 0 radical (unpaired) electrons. The molecule has 2 atom stereocenters. The van der Waals surface area contributed by atoms with Crippen LogP contribution in [0, 0.1) is 5.92 Å². The molecule has 19 heavy (non-hydrogen) atoms. The molecule has 0 bridgehead atoms. The van der Waals surface area contributed by atoms with Gasteiger partial charge in [0, 0.05) is 19.6 Å². The van der Waals surface area contributed by atoms with Gasteiger partial charge in [-0.25, -0.2) is 9.59 Å². The third kappa shape index (κ3) is 3.85. The van der Waals surface area contributed by atoms with Crippen LogP contribution in [0.1, 0.15) is 46.5 Å². The maximum absolute atomic E-state index is 12.5. The molecule has 0 saturated carbocycles. The van der Waals surface area contributed by atoms with Crippen molar-refractivity contribution in [2.45, 2.75) is 58.5 Å². The molecule has 1 aliphatic rings. The number of carboxylic acid groups (broad SMARTS) is 1. The Morgan fingerprint density at radius 1 is 1.21 bits per heavy atom. The Balaban J connectivity index is 2.83. The fraction of sp³-hybridized carbons (Fsp3) is 0.857. The summed E-state index contributed by atoms with van der Waals surface area (Å²) < 4.78 is 0. The maximum Gasteiger partial charge on any atom is 0.326 e. The van der Waals surface area contributed by atoms with E-state index in [1.54, 1.807) is 11.9 Å². The Kier molecular flexibility index (Phi) is 5.63. The van der Waals surface area contributed by atoms with E-state index in [-0.39, 0.29) is 12.1 Å². The molecule has 0 spiro atoms. The summed E-state index contributed by atoms with van der Waals surface area (Å²) in [6, 6.07) is -0.725. The van der Waals surface area contributed by atoms with Crippen molar-refractivity contribution in [3.8, 4) is 0 Å². The predicted molar refractivity (Wildman–Crippen MR) is 74.1 cm³/mol. The molecular weight excluding hydrogens is 244 g/mol. The van der Waals surface area contributed by atoms with Gasteiger partial charge in [0.25, 0.3) is 0 Å². The van der Waals surface area contributed by atoms with Crippen molar-refractivity contribution in [1.82, 2.24) is 9.80 Å². The molecule has 1 aliphatic heterocycles. The smallest absolute Gasteiger partial charge is 0.326 e. The highest BCUT2D eigenvalue weighted by Crippen LogP contribution is 2.20. The van der Waals surface area contributed by atoms with Crippen LogP contribution in [0.2, 0.25) is 0 Å². The lowest BCUT2D eigenvalue weighted by Crippen LogP contribution is -2.52. The molecule has 2 unspecified atom stereocenters. The van der Waals surface area contributed by atoms with Gasteiger partial charge in [-0.15, -0.1) is 0 Å². The van der Waals surface area contributed by atoms with Gasteiger partial charge in [-0.1, -0.05) is 26.7 Å². The number of amides is 2. The highest BCUT2D eigenvalue weighted by molar-refractivity contribution is 5.82. The van der Waals surface area contributed by atoms with E-state index in [9.17, 15) is 14.7 Å². The maximum atomic E-state index is 12.5. The molecule has 110 valence electrons. The minimum absolute atomic E-state index is 0.102. The number of rotatable bonds is 3. The molecule has 1 fully saturated rings. The van der Waals surface area contributed by atoms with Crippen molar-refractivity contribution < 1.29 is 14.7 Å². The third-order valence-electron chi connectivity index (χ3n) is 4.16. The Bertz CT molecular complexity index is 331. The summed E-state index contributed by atoms with van der Waals surface area (Å²) in [5, 5.41) is 9.30. The summed E-state index contributed by atoms with van der Waals surface area (Å²) in [4.78, 5) is 27.0. The lowest BCUT2D eigenvalue weighted by Gasteiger charge is -2.35. The number of urea groups is 1. The van der Waals surface area contributed by atoms with Crippen molar-refractivity contribution in [3.63, 3.8) is 0 Å². The first-order valence-corrected chi connectivity index (χ1v) is 7.12. The van der Waals surface area contributed by atoms with E-state index in [1.165, 1.54) is 4.90 Å². The number of likely N-dealkylation sites (tertiary alicyclic amines) is 1. The molecule has 1 N–H and O–H groups in total. The van der Waals surface area contributed by atoms with Crippen LogP contribution in [0.3, 0.4) is 0 Å². The van der Waals surface area contributed by atoms with Crippen LogP contribution in [-0.4, -0.2) is 52.6 Å². The SMILES string of the molecule is CC(C)C(C)N(C)C(=O)N1CCCCCC1C(=O)O. The number of hydrogen-bond donors (Lipinski definition) is 1. The average molecular weight is 270 g/mol. The van der Waals surface area contributed by atoms with Gasteiger partial charge in [0.1, 0.15) is 6.04 Å². The summed E-state index contributed by atoms with van der Waals surface area (Å²) in [7, 11) is 1.76. The van der Waals surface area contributed by atoms with E-state index in [4.69, 9.17) is 0 Å². The van der Waals surface area contributed by atoms with Gasteiger partial charge in [-0.2, -0.15) is 0 Å². The molecular formula is C14H26N2O3. The second-order valence-electron chi connectivity index (χ2n) is 5.77. The van der Waals surface area contributed by atoms with E-state index >= 15 is 0 Å². The van der Waals surface area contributed by atoms with E-state index in [0.717, 1.165) is 19.3 Å². The number of carboxylic acids is 1. The standard InChI is InChI=1S/C14H26N2O3/c1-10(2)11(3)15(4)14(19)16-9-7-5-6-8-12(16)13(17)18/h10-12H,5-9H2,1-4H3,(H,17,18). The van der Waals surface area contributed by atoms with Crippen LogP contribution in [0.4, 0.5) is 4.79 Å². The number of nitrogens with zero attached hydrogens (tertiary/aromatic N) is 2. The van der Waals surface area contributed by atoms with Crippen LogP contribution in [0.15, 0.2) is 0 Å². The highest BCUT2D eigenvalue weighted by atomic mass is 16.4. The molecule has 0 aliphatic carbocycles. The first-order chi connectivity index (χ1) is 8.86. The molecule has 0 aromatic rings. The second kappa shape index (κ2) is 6.78. The third-order valence-corrected chi connectivity index (χ3v) is 4.16. The van der Waals surface area contributed by atoms with Crippen LogP contribution < -0.4 is 0 Å². The quantitative estimate of drug-likeness (QED) is 0.856. The van der Waals surface area contributed by atoms with Crippen molar-refractivity contribution in [3.05, 3.63) is 0 Å². The lowest BCUT2D eigenvalue weighted by molar-refractivity contribution is -0.142. The van der Waals surface area contributed by atoms with Crippen molar-refractivity contribution in [2.75, 3.05) is 13.6 Å². The first-order valence-electron chi connectivity index (χ1n) is 7.12. The number of carbonyl (C=O) groups excluding carboxylic acids is 1. The average Bonchev–Trinajstić information content (AvgIpc) is 2.61. The van der Waals surface area contributed by atoms with Gasteiger partial charge in [-0.05, 0) is 25.7 Å². The van der Waals surface area contributed by atoms with E-state index in [0.29, 0.717) is 18.9 Å². The number of carbonyl (C=O) groups is 2. The molecule has 2 amide bonds. The lowest BCUT2D eigenvalue weighted by atomic mass is 10.1. The second-order valence-corrected chi connectivity index (χ2v) is 5.77. The summed E-state index contributed by atoms with van der Waals surface area (Å²) in [6.45, 7) is 6.66. The summed E-state index contributed by atoms with van der Waals surface area (Å²) in [6.07, 6.45) is 3.32. The Morgan fingerprint density at radius 2 is 1.84 bits per heavy atom. The van der Waals surface area contributed by atoms with Crippen molar-refractivity contribution >= 4 is 12.0 Å². The van der Waals surface area contributed by atoms with Gasteiger partial charge in [0.15, 0.2) is 0 Å². The van der Waals surface area contributed by atoms with Gasteiger partial charge < -0.3 is 14.9 Å². The van der Waals surface area contributed by atoms with E-state index in [2.05, 4.69) is 13.8 Å². The number of hydrogen-bond acceptors (Lipinski definition) is 2. The largest absolute Gasteiger partial charge is 0.480 e. The topological polar surface area (TPSA) is 60.9 Å². The summed E-state index contributed by atoms with van der Waals surface area (Å²) >= 11 is 0. The zero-order valence-corrected chi connectivity index (χ0v) is 12.4. The summed E-state index contributed by atoms with van der Waals surface area (Å²) in [5.41, 5.74) is 0. The van der Waals surface area contributed by atoms with Crippen LogP contribution in [0.25, 0.3) is 0 Å². The zero-order valence-electron chi connectivity index (χ0n) is 12.4. The first kappa shape index (κ1) is 15.8. The van der Waals surface area contributed by atoms with Gasteiger partial charge in [-0.3, -0.25) is 0 Å². The zero-order chi connectivity index (χ0) is 14.6. The normalized spacial score (nSPS) is 21.9. The van der Waals surface area contributed by atoms with Crippen LogP contribution in [0.5, 0.6) is 0 Å². The van der Waals surface area contributed by atoms with Gasteiger partial charge >= 0.3 is 12.0 Å².